The van der Waals surface area contributed by atoms with Gasteiger partial charge >= 0.3 is 5.97 Å². The van der Waals surface area contributed by atoms with Gasteiger partial charge in [-0.3, -0.25) is 0 Å². The molecule has 22 heavy (non-hydrogen) atoms. The number of rotatable bonds is 4. The Bertz CT molecular complexity index is 672. The van der Waals surface area contributed by atoms with Gasteiger partial charge in [-0.25, -0.2) is 4.79 Å². The predicted octanol–water partition coefficient (Wildman–Crippen LogP) is 3.98. The molecule has 0 aliphatic heterocycles. The molecular formula is C17H18N2O2S. The van der Waals surface area contributed by atoms with E-state index in [-0.39, 0.29) is 5.97 Å². The lowest BCUT2D eigenvalue weighted by atomic mass is 10.1. The van der Waals surface area contributed by atoms with E-state index in [0.717, 1.165) is 16.9 Å². The Balaban J connectivity index is 2.04. The molecule has 114 valence electrons. The lowest BCUT2D eigenvalue weighted by molar-refractivity contribution is 0.0526. The third kappa shape index (κ3) is 4.30. The zero-order chi connectivity index (χ0) is 15.9. The molecule has 0 atom stereocenters. The summed E-state index contributed by atoms with van der Waals surface area (Å²) in [6.07, 6.45) is 0. The van der Waals surface area contributed by atoms with Gasteiger partial charge in [-0.15, -0.1) is 0 Å². The molecule has 0 unspecified atom stereocenters. The van der Waals surface area contributed by atoms with Gasteiger partial charge in [-0.1, -0.05) is 18.2 Å². The third-order valence-electron chi connectivity index (χ3n) is 3.02. The van der Waals surface area contributed by atoms with Crippen LogP contribution in [0, 0.1) is 6.92 Å². The molecule has 2 aromatic carbocycles. The van der Waals surface area contributed by atoms with Crippen LogP contribution in [-0.2, 0) is 4.74 Å². The smallest absolute Gasteiger partial charge is 0.338 e. The maximum Gasteiger partial charge on any atom is 0.338 e. The molecule has 2 rings (SSSR count). The van der Waals surface area contributed by atoms with Gasteiger partial charge in [0.2, 0.25) is 0 Å². The Morgan fingerprint density at radius 1 is 1.14 bits per heavy atom. The van der Waals surface area contributed by atoms with Crippen LogP contribution in [0.4, 0.5) is 11.4 Å². The summed E-state index contributed by atoms with van der Waals surface area (Å²) in [5, 5.41) is 6.73. The van der Waals surface area contributed by atoms with Crippen molar-refractivity contribution in [2.75, 3.05) is 17.2 Å². The number of hydrogen-bond donors (Lipinski definition) is 2. The molecule has 2 aromatic rings. The van der Waals surface area contributed by atoms with Gasteiger partial charge in [-0.2, -0.15) is 0 Å². The van der Waals surface area contributed by atoms with Crippen LogP contribution in [0.2, 0.25) is 0 Å². The zero-order valence-electron chi connectivity index (χ0n) is 12.6. The summed E-state index contributed by atoms with van der Waals surface area (Å²) in [6, 6.07) is 15.0. The maximum atomic E-state index is 11.7. The summed E-state index contributed by atoms with van der Waals surface area (Å²) in [5.41, 5.74) is 3.22. The molecule has 0 radical (unpaired) electrons. The molecule has 0 saturated carbocycles. The number of thiocarbonyl (C=S) groups is 1. The molecule has 2 N–H and O–H groups in total. The second kappa shape index (κ2) is 7.56. The molecule has 0 bridgehead atoms. The normalized spacial score (nSPS) is 9.91. The third-order valence-corrected chi connectivity index (χ3v) is 3.22. The summed E-state index contributed by atoms with van der Waals surface area (Å²) in [4.78, 5) is 11.7. The summed E-state index contributed by atoms with van der Waals surface area (Å²) >= 11 is 5.29. The monoisotopic (exact) mass is 314 g/mol. The van der Waals surface area contributed by atoms with Crippen molar-refractivity contribution in [3.63, 3.8) is 0 Å². The lowest BCUT2D eigenvalue weighted by Gasteiger charge is -2.13. The number of nitrogens with one attached hydrogen (secondary N) is 2. The first-order chi connectivity index (χ1) is 10.6. The molecule has 0 aliphatic rings. The van der Waals surface area contributed by atoms with Gasteiger partial charge in [0.15, 0.2) is 5.11 Å². The molecule has 0 spiro atoms. The van der Waals surface area contributed by atoms with Crippen LogP contribution in [0.1, 0.15) is 22.8 Å². The van der Waals surface area contributed by atoms with E-state index in [1.807, 2.05) is 43.3 Å². The number of para-hydroxylation sites is 1. The van der Waals surface area contributed by atoms with Crippen molar-refractivity contribution in [2.45, 2.75) is 13.8 Å². The minimum atomic E-state index is -0.317. The summed E-state index contributed by atoms with van der Waals surface area (Å²) in [7, 11) is 0. The van der Waals surface area contributed by atoms with Crippen LogP contribution in [0.3, 0.4) is 0 Å². The van der Waals surface area contributed by atoms with Gasteiger partial charge in [0.1, 0.15) is 0 Å². The first-order valence-corrected chi connectivity index (χ1v) is 7.42. The van der Waals surface area contributed by atoms with Crippen LogP contribution >= 0.6 is 12.2 Å². The van der Waals surface area contributed by atoms with Gasteiger partial charge in [0.25, 0.3) is 0 Å². The molecule has 0 aliphatic carbocycles. The quantitative estimate of drug-likeness (QED) is 0.660. The number of hydrogen-bond acceptors (Lipinski definition) is 3. The molecule has 0 heterocycles. The Morgan fingerprint density at radius 2 is 1.86 bits per heavy atom. The number of aryl methyl sites for hydroxylation is 1. The molecule has 0 fully saturated rings. The topological polar surface area (TPSA) is 50.4 Å². The van der Waals surface area contributed by atoms with Crippen molar-refractivity contribution in [3.05, 3.63) is 59.7 Å². The van der Waals surface area contributed by atoms with Crippen LogP contribution in [0.5, 0.6) is 0 Å². The van der Waals surface area contributed by atoms with E-state index in [1.54, 1.807) is 19.1 Å². The van der Waals surface area contributed by atoms with Crippen LogP contribution in [-0.4, -0.2) is 17.7 Å². The van der Waals surface area contributed by atoms with E-state index < -0.39 is 0 Å². The van der Waals surface area contributed by atoms with Crippen molar-refractivity contribution < 1.29 is 9.53 Å². The lowest BCUT2D eigenvalue weighted by Crippen LogP contribution is -2.19. The molecule has 0 amide bonds. The van der Waals surface area contributed by atoms with Crippen LogP contribution in [0.25, 0.3) is 0 Å². The first kappa shape index (κ1) is 16.0. The van der Waals surface area contributed by atoms with Gasteiger partial charge in [-0.05, 0) is 62.0 Å². The highest BCUT2D eigenvalue weighted by Crippen LogP contribution is 2.18. The van der Waals surface area contributed by atoms with E-state index >= 15 is 0 Å². The number of anilines is 2. The second-order valence-corrected chi connectivity index (χ2v) is 5.10. The Labute approximate surface area is 135 Å². The van der Waals surface area contributed by atoms with Crippen molar-refractivity contribution in [1.29, 1.82) is 0 Å². The van der Waals surface area contributed by atoms with E-state index in [1.165, 1.54) is 0 Å². The highest BCUT2D eigenvalue weighted by Gasteiger charge is 2.09. The summed E-state index contributed by atoms with van der Waals surface area (Å²) in [5.74, 6) is -0.317. The SMILES string of the molecule is CCOC(=O)c1ccc(NC(=S)Nc2ccccc2)c(C)c1. The molecule has 4 nitrogen and oxygen atoms in total. The van der Waals surface area contributed by atoms with Crippen LogP contribution < -0.4 is 10.6 Å². The van der Waals surface area contributed by atoms with E-state index in [9.17, 15) is 4.79 Å². The van der Waals surface area contributed by atoms with Crippen molar-refractivity contribution >= 4 is 34.7 Å². The number of esters is 1. The van der Waals surface area contributed by atoms with Crippen molar-refractivity contribution in [1.82, 2.24) is 0 Å². The Hall–Kier alpha value is -2.40. The van der Waals surface area contributed by atoms with Crippen LogP contribution in [0.15, 0.2) is 48.5 Å². The Morgan fingerprint density at radius 3 is 2.50 bits per heavy atom. The summed E-state index contributed by atoms with van der Waals surface area (Å²) in [6.45, 7) is 4.06. The average Bonchev–Trinajstić information content (AvgIpc) is 2.50. The van der Waals surface area contributed by atoms with Gasteiger partial charge < -0.3 is 15.4 Å². The fraction of sp³-hybridized carbons (Fsp3) is 0.176. The standard InChI is InChI=1S/C17H18N2O2S/c1-3-21-16(20)13-9-10-15(12(2)11-13)19-17(22)18-14-7-5-4-6-8-14/h4-11H,3H2,1-2H3,(H2,18,19,22). The second-order valence-electron chi connectivity index (χ2n) is 4.70. The minimum absolute atomic E-state index is 0.317. The highest BCUT2D eigenvalue weighted by molar-refractivity contribution is 7.80. The number of ether oxygens (including phenoxy) is 1. The van der Waals surface area contributed by atoms with Gasteiger partial charge in [0.05, 0.1) is 12.2 Å². The first-order valence-electron chi connectivity index (χ1n) is 7.01. The van der Waals surface area contributed by atoms with E-state index in [4.69, 9.17) is 17.0 Å². The largest absolute Gasteiger partial charge is 0.462 e. The number of benzene rings is 2. The Kier molecular flexibility index (Phi) is 5.49. The van der Waals surface area contributed by atoms with Gasteiger partial charge in [0, 0.05) is 11.4 Å². The van der Waals surface area contributed by atoms with E-state index in [0.29, 0.717) is 17.3 Å². The zero-order valence-corrected chi connectivity index (χ0v) is 13.4. The highest BCUT2D eigenvalue weighted by atomic mass is 32.1. The fourth-order valence-electron chi connectivity index (χ4n) is 1.95. The molecule has 0 aromatic heterocycles. The molecule has 0 saturated heterocycles. The fourth-order valence-corrected chi connectivity index (χ4v) is 2.18. The molecular weight excluding hydrogens is 296 g/mol. The number of carbonyl (C=O) groups excluding carboxylic acids is 1. The summed E-state index contributed by atoms with van der Waals surface area (Å²) < 4.78 is 4.99. The minimum Gasteiger partial charge on any atom is -0.462 e. The average molecular weight is 314 g/mol. The maximum absolute atomic E-state index is 11.7. The van der Waals surface area contributed by atoms with Crippen molar-refractivity contribution in [3.8, 4) is 0 Å². The molecule has 5 heteroatoms. The predicted molar refractivity (Wildman–Crippen MR) is 93.4 cm³/mol. The van der Waals surface area contributed by atoms with Crippen molar-refractivity contribution in [2.24, 2.45) is 0 Å². The number of carbonyl (C=O) groups is 1. The van der Waals surface area contributed by atoms with E-state index in [2.05, 4.69) is 10.6 Å².